The minimum absolute atomic E-state index is 0.167. The van der Waals surface area contributed by atoms with Crippen molar-refractivity contribution in [2.45, 2.75) is 58.7 Å². The smallest absolute Gasteiger partial charge is 0.191 e. The molecule has 0 atom stereocenters. The van der Waals surface area contributed by atoms with Crippen LogP contribution in [0.15, 0.2) is 18.3 Å². The molecule has 1 rings (SSSR count). The van der Waals surface area contributed by atoms with E-state index in [1.807, 2.05) is 12.1 Å². The lowest BCUT2D eigenvalue weighted by atomic mass is 10.1. The number of carbonyl (C=O) groups is 1. The van der Waals surface area contributed by atoms with Gasteiger partial charge in [0.1, 0.15) is 5.78 Å². The fraction of sp³-hybridized carbons (Fsp3) is 0.625. The van der Waals surface area contributed by atoms with E-state index in [1.54, 1.807) is 13.1 Å². The fourth-order valence-electron chi connectivity index (χ4n) is 1.62. The molecule has 0 aromatic carbocycles. The van der Waals surface area contributed by atoms with Crippen molar-refractivity contribution in [2.75, 3.05) is 6.61 Å². The molecule has 0 spiro atoms. The Balaban J connectivity index is 2.49. The van der Waals surface area contributed by atoms with Crippen LogP contribution in [-0.4, -0.2) is 25.7 Å². The second kappa shape index (κ2) is 6.63. The summed E-state index contributed by atoms with van der Waals surface area (Å²) in [4.78, 5) is 15.4. The van der Waals surface area contributed by atoms with Gasteiger partial charge in [-0.1, -0.05) is 26.8 Å². The van der Waals surface area contributed by atoms with Crippen LogP contribution in [0.2, 0.25) is 18.1 Å². The summed E-state index contributed by atoms with van der Waals surface area (Å²) < 4.78 is 6.14. The summed E-state index contributed by atoms with van der Waals surface area (Å²) in [6.07, 6.45) is 3.09. The van der Waals surface area contributed by atoms with Crippen LogP contribution in [0.4, 0.5) is 0 Å². The highest BCUT2D eigenvalue weighted by molar-refractivity contribution is 6.74. The van der Waals surface area contributed by atoms with Crippen molar-refractivity contribution in [3.63, 3.8) is 0 Å². The predicted molar refractivity (Wildman–Crippen MR) is 85.5 cm³/mol. The van der Waals surface area contributed by atoms with Gasteiger partial charge in [0.15, 0.2) is 8.32 Å². The zero-order chi connectivity index (χ0) is 15.4. The second-order valence-corrected chi connectivity index (χ2v) is 11.7. The molecule has 0 aliphatic rings. The molecule has 0 aliphatic heterocycles. The van der Waals surface area contributed by atoms with E-state index in [9.17, 15) is 4.79 Å². The Kier molecular flexibility index (Phi) is 5.65. The molecule has 0 radical (unpaired) electrons. The third kappa shape index (κ3) is 5.17. The topological polar surface area (TPSA) is 39.2 Å². The highest BCUT2D eigenvalue weighted by Gasteiger charge is 2.36. The Morgan fingerprint density at radius 3 is 2.40 bits per heavy atom. The van der Waals surface area contributed by atoms with Gasteiger partial charge in [0.05, 0.1) is 0 Å². The zero-order valence-corrected chi connectivity index (χ0v) is 14.6. The Hall–Kier alpha value is -1.00. The third-order valence-electron chi connectivity index (χ3n) is 3.97. The van der Waals surface area contributed by atoms with Gasteiger partial charge in [0, 0.05) is 31.3 Å². The summed E-state index contributed by atoms with van der Waals surface area (Å²) in [7, 11) is -1.66. The predicted octanol–water partition coefficient (Wildman–Crippen LogP) is 3.78. The lowest BCUT2D eigenvalue weighted by Crippen LogP contribution is -2.41. The Morgan fingerprint density at radius 1 is 1.30 bits per heavy atom. The van der Waals surface area contributed by atoms with Crippen LogP contribution in [0.5, 0.6) is 0 Å². The van der Waals surface area contributed by atoms with Crippen molar-refractivity contribution in [1.29, 1.82) is 0 Å². The maximum absolute atomic E-state index is 11.0. The van der Waals surface area contributed by atoms with Crippen molar-refractivity contribution in [2.24, 2.45) is 0 Å². The van der Waals surface area contributed by atoms with Crippen molar-refractivity contribution < 1.29 is 9.22 Å². The maximum atomic E-state index is 11.0. The number of nitrogens with zero attached hydrogens (tertiary/aromatic N) is 1. The molecular weight excluding hydrogens is 266 g/mol. The van der Waals surface area contributed by atoms with Gasteiger partial charge in [0.2, 0.25) is 0 Å². The molecule has 0 unspecified atom stereocenters. The normalized spacial score (nSPS) is 12.5. The van der Waals surface area contributed by atoms with Gasteiger partial charge in [0.25, 0.3) is 0 Å². The molecule has 1 aromatic heterocycles. The number of Topliss-reactive ketones (excluding diaryl/α,β-unsaturated/α-hetero) is 1. The monoisotopic (exact) mass is 293 g/mol. The molecule has 0 saturated heterocycles. The number of hydrogen-bond donors (Lipinski definition) is 0. The van der Waals surface area contributed by atoms with Gasteiger partial charge in [-0.05, 0) is 36.7 Å². The summed E-state index contributed by atoms with van der Waals surface area (Å²) in [5, 5.41) is 0.242. The lowest BCUT2D eigenvalue weighted by molar-refractivity contribution is -0.116. The van der Waals surface area contributed by atoms with Crippen molar-refractivity contribution in [1.82, 2.24) is 4.98 Å². The van der Waals surface area contributed by atoms with Crippen molar-refractivity contribution >= 4 is 14.1 Å². The van der Waals surface area contributed by atoms with Crippen LogP contribution in [0, 0.1) is 0 Å². The first kappa shape index (κ1) is 17.0. The Bertz CT molecular complexity index is 447. The zero-order valence-electron chi connectivity index (χ0n) is 13.6. The molecule has 0 aliphatic carbocycles. The van der Waals surface area contributed by atoms with Crippen LogP contribution in [0.3, 0.4) is 0 Å². The summed E-state index contributed by atoms with van der Waals surface area (Å²) in [5.41, 5.74) is 2.00. The molecule has 1 heterocycles. The van der Waals surface area contributed by atoms with Crippen LogP contribution in [0.25, 0.3) is 0 Å². The van der Waals surface area contributed by atoms with E-state index in [0.717, 1.165) is 24.3 Å². The SMILES string of the molecule is CC(=O)Cc1ccc(CCO[Si](C)(C)C(C)(C)C)nc1. The maximum Gasteiger partial charge on any atom is 0.191 e. The van der Waals surface area contributed by atoms with Gasteiger partial charge in [-0.3, -0.25) is 9.78 Å². The lowest BCUT2D eigenvalue weighted by Gasteiger charge is -2.36. The van der Waals surface area contributed by atoms with E-state index in [1.165, 1.54) is 0 Å². The van der Waals surface area contributed by atoms with Gasteiger partial charge in [-0.15, -0.1) is 0 Å². The molecule has 0 fully saturated rings. The van der Waals surface area contributed by atoms with E-state index in [0.29, 0.717) is 6.42 Å². The van der Waals surface area contributed by atoms with E-state index in [-0.39, 0.29) is 10.8 Å². The average molecular weight is 293 g/mol. The number of carbonyl (C=O) groups excluding carboxylic acids is 1. The largest absolute Gasteiger partial charge is 0.416 e. The average Bonchev–Trinajstić information content (AvgIpc) is 2.29. The fourth-order valence-corrected chi connectivity index (χ4v) is 2.67. The summed E-state index contributed by atoms with van der Waals surface area (Å²) >= 11 is 0. The summed E-state index contributed by atoms with van der Waals surface area (Å²) in [6, 6.07) is 3.98. The molecular formula is C16H27NO2Si. The number of aromatic nitrogens is 1. The number of hydrogen-bond acceptors (Lipinski definition) is 3. The van der Waals surface area contributed by atoms with E-state index in [4.69, 9.17) is 4.43 Å². The number of ketones is 1. The first-order chi connectivity index (χ1) is 9.12. The van der Waals surface area contributed by atoms with Gasteiger partial charge in [-0.25, -0.2) is 0 Å². The molecule has 0 saturated carbocycles. The van der Waals surface area contributed by atoms with E-state index in [2.05, 4.69) is 38.8 Å². The quantitative estimate of drug-likeness (QED) is 0.749. The third-order valence-corrected chi connectivity index (χ3v) is 8.50. The van der Waals surface area contributed by atoms with Gasteiger partial charge < -0.3 is 4.43 Å². The Labute approximate surface area is 123 Å². The second-order valence-electron chi connectivity index (χ2n) is 6.90. The van der Waals surface area contributed by atoms with E-state index >= 15 is 0 Å². The van der Waals surface area contributed by atoms with Crippen LogP contribution in [-0.2, 0) is 22.1 Å². The molecule has 20 heavy (non-hydrogen) atoms. The molecule has 4 heteroatoms. The summed E-state index contributed by atoms with van der Waals surface area (Å²) in [5.74, 6) is 0.167. The summed E-state index contributed by atoms with van der Waals surface area (Å²) in [6.45, 7) is 13.6. The van der Waals surface area contributed by atoms with Crippen LogP contribution >= 0.6 is 0 Å². The first-order valence-corrected chi connectivity index (χ1v) is 10.1. The van der Waals surface area contributed by atoms with Crippen LogP contribution in [0.1, 0.15) is 39.0 Å². The minimum atomic E-state index is -1.66. The van der Waals surface area contributed by atoms with E-state index < -0.39 is 8.32 Å². The Morgan fingerprint density at radius 2 is 1.95 bits per heavy atom. The van der Waals surface area contributed by atoms with Crippen LogP contribution < -0.4 is 0 Å². The minimum Gasteiger partial charge on any atom is -0.416 e. The highest BCUT2D eigenvalue weighted by atomic mass is 28.4. The molecule has 3 nitrogen and oxygen atoms in total. The molecule has 1 aromatic rings. The van der Waals surface area contributed by atoms with Gasteiger partial charge in [-0.2, -0.15) is 0 Å². The molecule has 0 amide bonds. The van der Waals surface area contributed by atoms with Crippen molar-refractivity contribution in [3.05, 3.63) is 29.6 Å². The standard InChI is InChI=1S/C16H27NO2Si/c1-13(18)11-14-7-8-15(17-12-14)9-10-19-20(5,6)16(2,3)4/h7-8,12H,9-11H2,1-6H3. The van der Waals surface area contributed by atoms with Crippen molar-refractivity contribution in [3.8, 4) is 0 Å². The molecule has 0 bridgehead atoms. The molecule has 0 N–H and O–H groups in total. The number of rotatable bonds is 6. The highest BCUT2D eigenvalue weighted by Crippen LogP contribution is 2.36. The first-order valence-electron chi connectivity index (χ1n) is 7.19. The molecule has 112 valence electrons. The number of pyridine rings is 1. The van der Waals surface area contributed by atoms with Gasteiger partial charge >= 0.3 is 0 Å².